The molecule has 1 aliphatic heterocycles. The van der Waals surface area contributed by atoms with Crippen molar-refractivity contribution in [3.05, 3.63) is 87.9 Å². The summed E-state index contributed by atoms with van der Waals surface area (Å²) in [6.07, 6.45) is 0.404. The van der Waals surface area contributed by atoms with Gasteiger partial charge in [0.15, 0.2) is 11.5 Å². The first-order valence-corrected chi connectivity index (χ1v) is 11.1. The summed E-state index contributed by atoms with van der Waals surface area (Å²) in [7, 11) is 1.66. The minimum atomic E-state index is -0.237. The predicted molar refractivity (Wildman–Crippen MR) is 126 cm³/mol. The molecule has 3 aromatic carbocycles. The van der Waals surface area contributed by atoms with Crippen molar-refractivity contribution >= 4 is 21.6 Å². The van der Waals surface area contributed by atoms with E-state index in [1.165, 1.54) is 0 Å². The highest BCUT2D eigenvalue weighted by Crippen LogP contribution is 2.39. The van der Waals surface area contributed by atoms with Gasteiger partial charge in [0.2, 0.25) is 0 Å². The van der Waals surface area contributed by atoms with E-state index in [9.17, 15) is 5.11 Å². The van der Waals surface area contributed by atoms with Crippen molar-refractivity contribution in [2.24, 2.45) is 4.99 Å². The monoisotopic (exact) mass is 480 g/mol. The Labute approximate surface area is 190 Å². The van der Waals surface area contributed by atoms with Crippen LogP contribution in [-0.2, 0) is 0 Å². The van der Waals surface area contributed by atoms with Crippen LogP contribution in [0.25, 0.3) is 0 Å². The molecule has 31 heavy (non-hydrogen) atoms. The minimum Gasteiger partial charge on any atom is -0.504 e. The van der Waals surface area contributed by atoms with Crippen LogP contribution in [0.1, 0.15) is 42.2 Å². The maximum Gasteiger partial charge on any atom is 0.162 e. The minimum absolute atomic E-state index is 0.122. The number of benzene rings is 3. The van der Waals surface area contributed by atoms with Crippen LogP contribution in [-0.4, -0.2) is 24.5 Å². The fourth-order valence-electron chi connectivity index (χ4n) is 3.77. The van der Waals surface area contributed by atoms with E-state index < -0.39 is 0 Å². The van der Waals surface area contributed by atoms with Crippen molar-refractivity contribution in [1.82, 2.24) is 5.32 Å². The zero-order valence-electron chi connectivity index (χ0n) is 17.5. The van der Waals surface area contributed by atoms with Crippen molar-refractivity contribution in [2.75, 3.05) is 13.7 Å². The number of hydrogen-bond acceptors (Lipinski definition) is 5. The number of hydrogen-bond donors (Lipinski definition) is 2. The molecule has 0 saturated carbocycles. The van der Waals surface area contributed by atoms with Gasteiger partial charge < -0.3 is 14.6 Å². The first-order chi connectivity index (χ1) is 15.1. The summed E-state index contributed by atoms with van der Waals surface area (Å²) in [5.74, 6) is 1.48. The van der Waals surface area contributed by atoms with Gasteiger partial charge in [-0.25, -0.2) is 0 Å². The number of aromatic hydroxyl groups is 1. The Morgan fingerprint density at radius 1 is 1.06 bits per heavy atom. The number of methoxy groups -OCH3 is 1. The Hall–Kier alpha value is -2.83. The van der Waals surface area contributed by atoms with E-state index in [0.29, 0.717) is 18.8 Å². The molecule has 4 rings (SSSR count). The number of phenolic OH excluding ortho intramolecular Hbond substituents is 1. The molecule has 160 valence electrons. The van der Waals surface area contributed by atoms with Gasteiger partial charge in [-0.1, -0.05) is 40.2 Å². The van der Waals surface area contributed by atoms with Crippen LogP contribution in [0.3, 0.4) is 0 Å². The second-order valence-corrected chi connectivity index (χ2v) is 8.22. The third-order valence-electron chi connectivity index (χ3n) is 5.36. The predicted octanol–water partition coefficient (Wildman–Crippen LogP) is 5.78. The molecule has 0 aromatic heterocycles. The lowest BCUT2D eigenvalue weighted by Gasteiger charge is -2.31. The van der Waals surface area contributed by atoms with Crippen LogP contribution in [0.15, 0.2) is 76.2 Å². The summed E-state index contributed by atoms with van der Waals surface area (Å²) in [4.78, 5) is 5.01. The fraction of sp³-hybridized carbons (Fsp3) is 0.240. The second kappa shape index (κ2) is 9.54. The highest BCUT2D eigenvalue weighted by molar-refractivity contribution is 9.10. The molecule has 1 aliphatic rings. The lowest BCUT2D eigenvalue weighted by atomic mass is 9.93. The van der Waals surface area contributed by atoms with E-state index in [0.717, 1.165) is 32.6 Å². The smallest absolute Gasteiger partial charge is 0.162 e. The zero-order valence-corrected chi connectivity index (χ0v) is 19.1. The summed E-state index contributed by atoms with van der Waals surface area (Å²) in [6.45, 7) is 2.40. The molecule has 2 atom stereocenters. The number of ether oxygens (including phenoxy) is 2. The molecule has 0 saturated heterocycles. The van der Waals surface area contributed by atoms with Crippen molar-refractivity contribution in [3.63, 3.8) is 0 Å². The van der Waals surface area contributed by atoms with Gasteiger partial charge in [-0.15, -0.1) is 0 Å². The zero-order chi connectivity index (χ0) is 21.8. The Kier molecular flexibility index (Phi) is 6.59. The third kappa shape index (κ3) is 4.75. The van der Waals surface area contributed by atoms with Gasteiger partial charge in [0.25, 0.3) is 0 Å². The first kappa shape index (κ1) is 21.4. The Bertz CT molecular complexity index is 1070. The van der Waals surface area contributed by atoms with Crippen LogP contribution in [0.5, 0.6) is 17.2 Å². The fourth-order valence-corrected chi connectivity index (χ4v) is 4.04. The summed E-state index contributed by atoms with van der Waals surface area (Å²) in [5.41, 5.74) is 3.86. The molecule has 5 nitrogen and oxygen atoms in total. The van der Waals surface area contributed by atoms with E-state index in [4.69, 9.17) is 14.5 Å². The molecule has 0 amide bonds. The summed E-state index contributed by atoms with van der Waals surface area (Å²) in [5, 5.41) is 14.5. The van der Waals surface area contributed by atoms with Crippen LogP contribution in [0.4, 0.5) is 0 Å². The molecule has 3 aromatic rings. The van der Waals surface area contributed by atoms with E-state index in [2.05, 4.69) is 33.4 Å². The number of rotatable bonds is 6. The average molecular weight is 481 g/mol. The normalized spacial score (nSPS) is 18.4. The van der Waals surface area contributed by atoms with E-state index in [1.807, 2.05) is 55.5 Å². The molecular formula is C25H25BrN2O3. The van der Waals surface area contributed by atoms with Crippen molar-refractivity contribution in [3.8, 4) is 17.2 Å². The van der Waals surface area contributed by atoms with Crippen LogP contribution < -0.4 is 14.8 Å². The van der Waals surface area contributed by atoms with Crippen molar-refractivity contribution < 1.29 is 14.6 Å². The maximum atomic E-state index is 10.9. The molecule has 0 aliphatic carbocycles. The topological polar surface area (TPSA) is 63.1 Å². The number of phenols is 1. The number of nitrogens with one attached hydrogen (secondary N) is 1. The molecule has 0 spiro atoms. The van der Waals surface area contributed by atoms with Gasteiger partial charge in [0.05, 0.1) is 13.7 Å². The average Bonchev–Trinajstić information content (AvgIpc) is 2.81. The highest BCUT2D eigenvalue weighted by Gasteiger charge is 2.28. The molecule has 0 fully saturated rings. The standard InChI is InChI=1S/C25H25BrN2O3/c1-3-31-23-6-4-5-20(24(23)29)22-15-21(16-9-13-19(30-2)14-10-16)27-25(28-22)17-7-11-18(26)12-8-17/h4-14,22,25,28-29H,3,15H2,1-2H3. The van der Waals surface area contributed by atoms with Gasteiger partial charge in [-0.2, -0.15) is 0 Å². The lowest BCUT2D eigenvalue weighted by molar-refractivity contribution is 0.313. The molecule has 0 radical (unpaired) electrons. The Morgan fingerprint density at radius 3 is 2.48 bits per heavy atom. The second-order valence-electron chi connectivity index (χ2n) is 7.31. The lowest BCUT2D eigenvalue weighted by Crippen LogP contribution is -2.33. The van der Waals surface area contributed by atoms with Gasteiger partial charge >= 0.3 is 0 Å². The number of nitrogens with zero attached hydrogens (tertiary/aromatic N) is 1. The van der Waals surface area contributed by atoms with Crippen LogP contribution in [0, 0.1) is 0 Å². The largest absolute Gasteiger partial charge is 0.504 e. The van der Waals surface area contributed by atoms with Crippen LogP contribution >= 0.6 is 15.9 Å². The van der Waals surface area contributed by atoms with E-state index in [1.54, 1.807) is 13.2 Å². The Balaban J connectivity index is 1.73. The Morgan fingerprint density at radius 2 is 1.81 bits per heavy atom. The first-order valence-electron chi connectivity index (χ1n) is 10.3. The molecule has 6 heteroatoms. The van der Waals surface area contributed by atoms with Crippen molar-refractivity contribution in [2.45, 2.75) is 25.6 Å². The molecule has 0 bridgehead atoms. The SMILES string of the molecule is CCOc1cccc(C2CC(c3ccc(OC)cc3)=NC(c3ccc(Br)cc3)N2)c1O. The maximum absolute atomic E-state index is 10.9. The van der Waals surface area contributed by atoms with E-state index >= 15 is 0 Å². The quantitative estimate of drug-likeness (QED) is 0.468. The third-order valence-corrected chi connectivity index (χ3v) is 5.88. The summed E-state index contributed by atoms with van der Waals surface area (Å²) in [6, 6.07) is 21.6. The van der Waals surface area contributed by atoms with Crippen LogP contribution in [0.2, 0.25) is 0 Å². The molecule has 2 N–H and O–H groups in total. The van der Waals surface area contributed by atoms with E-state index in [-0.39, 0.29) is 18.0 Å². The number of aliphatic imine (C=N–C) groups is 1. The van der Waals surface area contributed by atoms with Gasteiger partial charge in [0, 0.05) is 28.2 Å². The summed E-state index contributed by atoms with van der Waals surface area (Å²) >= 11 is 3.50. The summed E-state index contributed by atoms with van der Waals surface area (Å²) < 4.78 is 11.9. The van der Waals surface area contributed by atoms with Crippen molar-refractivity contribution in [1.29, 1.82) is 0 Å². The molecule has 1 heterocycles. The highest BCUT2D eigenvalue weighted by atomic mass is 79.9. The van der Waals surface area contributed by atoms with Gasteiger partial charge in [-0.05, 0) is 60.5 Å². The molecular weight excluding hydrogens is 456 g/mol. The molecule has 2 unspecified atom stereocenters. The number of halogens is 1. The number of para-hydroxylation sites is 1. The van der Waals surface area contributed by atoms with Gasteiger partial charge in [-0.3, -0.25) is 10.3 Å². The van der Waals surface area contributed by atoms with Gasteiger partial charge in [0.1, 0.15) is 11.9 Å².